The SMILES string of the molecule is Cc1cn(-c2ccc3c(c2)OC(F)(F)C(F)(F)O3)/c(=N/C(=O)N(C)C)s1. The zero-order valence-electron chi connectivity index (χ0n) is 13.8. The first-order valence-electron chi connectivity index (χ1n) is 7.23. The van der Waals surface area contributed by atoms with Gasteiger partial charge in [-0.15, -0.1) is 11.3 Å². The van der Waals surface area contributed by atoms with Gasteiger partial charge < -0.3 is 14.4 Å². The van der Waals surface area contributed by atoms with E-state index < -0.39 is 29.7 Å². The van der Waals surface area contributed by atoms with Crippen LogP contribution in [0.2, 0.25) is 0 Å². The highest BCUT2D eigenvalue weighted by Gasteiger charge is 2.65. The van der Waals surface area contributed by atoms with Crippen molar-refractivity contribution in [1.29, 1.82) is 0 Å². The van der Waals surface area contributed by atoms with E-state index in [1.165, 1.54) is 41.0 Å². The second-order valence-electron chi connectivity index (χ2n) is 5.65. The van der Waals surface area contributed by atoms with Gasteiger partial charge in [0, 0.05) is 31.2 Å². The van der Waals surface area contributed by atoms with E-state index in [0.717, 1.165) is 17.0 Å². The maximum Gasteiger partial charge on any atom is 0.507 e. The molecule has 1 aromatic carbocycles. The molecule has 0 radical (unpaired) electrons. The average molecular weight is 391 g/mol. The summed E-state index contributed by atoms with van der Waals surface area (Å²) in [5.41, 5.74) is 0.294. The fraction of sp³-hybridized carbons (Fsp3) is 0.333. The number of carbonyl (C=O) groups excluding carboxylic acids is 1. The number of alkyl halides is 4. The van der Waals surface area contributed by atoms with Crippen molar-refractivity contribution in [3.8, 4) is 17.2 Å². The van der Waals surface area contributed by atoms with Gasteiger partial charge in [-0.2, -0.15) is 22.6 Å². The number of carbonyl (C=O) groups is 1. The molecule has 6 nitrogen and oxygen atoms in total. The summed E-state index contributed by atoms with van der Waals surface area (Å²) in [6.45, 7) is 1.77. The molecule has 0 aliphatic carbocycles. The maximum absolute atomic E-state index is 13.4. The minimum atomic E-state index is -4.80. The third kappa shape index (κ3) is 3.14. The number of nitrogens with zero attached hydrogens (tertiary/aromatic N) is 3. The quantitative estimate of drug-likeness (QED) is 0.701. The fourth-order valence-corrected chi connectivity index (χ4v) is 2.93. The highest BCUT2D eigenvalue weighted by Crippen LogP contribution is 2.47. The van der Waals surface area contributed by atoms with Crippen LogP contribution in [-0.2, 0) is 0 Å². The van der Waals surface area contributed by atoms with Crippen LogP contribution < -0.4 is 14.3 Å². The van der Waals surface area contributed by atoms with Crippen LogP contribution in [0.3, 0.4) is 0 Å². The average Bonchev–Trinajstić information content (AvgIpc) is 2.87. The molecule has 2 aromatic rings. The van der Waals surface area contributed by atoms with Gasteiger partial charge in [-0.1, -0.05) is 0 Å². The zero-order valence-corrected chi connectivity index (χ0v) is 14.6. The molecule has 2 heterocycles. The van der Waals surface area contributed by atoms with E-state index in [2.05, 4.69) is 14.5 Å². The highest BCUT2D eigenvalue weighted by molar-refractivity contribution is 7.09. The molecule has 1 aliphatic rings. The van der Waals surface area contributed by atoms with Gasteiger partial charge >= 0.3 is 18.2 Å². The Balaban J connectivity index is 2.08. The van der Waals surface area contributed by atoms with Crippen LogP contribution >= 0.6 is 11.3 Å². The second kappa shape index (κ2) is 6.01. The largest absolute Gasteiger partial charge is 0.507 e. The predicted octanol–water partition coefficient (Wildman–Crippen LogP) is 3.39. The Morgan fingerprint density at radius 1 is 1.15 bits per heavy atom. The molecule has 0 fully saturated rings. The molecule has 0 spiro atoms. The number of urea groups is 1. The normalized spacial score (nSPS) is 17.9. The molecule has 0 bridgehead atoms. The van der Waals surface area contributed by atoms with E-state index in [1.54, 1.807) is 13.1 Å². The lowest BCUT2D eigenvalue weighted by Gasteiger charge is -2.31. The van der Waals surface area contributed by atoms with Crippen LogP contribution in [0.5, 0.6) is 11.5 Å². The third-order valence-electron chi connectivity index (χ3n) is 3.36. The number of aromatic nitrogens is 1. The van der Waals surface area contributed by atoms with Gasteiger partial charge in [0.1, 0.15) is 0 Å². The summed E-state index contributed by atoms with van der Waals surface area (Å²) in [6.07, 6.45) is -7.95. The minimum absolute atomic E-state index is 0.287. The summed E-state index contributed by atoms with van der Waals surface area (Å²) in [5.74, 6) is -1.06. The predicted molar refractivity (Wildman–Crippen MR) is 84.2 cm³/mol. The summed E-state index contributed by atoms with van der Waals surface area (Å²) in [4.78, 5) is 18.1. The molecular weight excluding hydrogens is 378 g/mol. The summed E-state index contributed by atoms with van der Waals surface area (Å²) in [5, 5.41) is 0. The number of ether oxygens (including phenoxy) is 2. The van der Waals surface area contributed by atoms with Crippen molar-refractivity contribution in [2.45, 2.75) is 19.1 Å². The Morgan fingerprint density at radius 3 is 2.38 bits per heavy atom. The van der Waals surface area contributed by atoms with Crippen LogP contribution in [-0.4, -0.2) is 41.8 Å². The van der Waals surface area contributed by atoms with Gasteiger partial charge in [-0.3, -0.25) is 4.57 Å². The smallest absolute Gasteiger partial charge is 0.421 e. The Labute approximate surface area is 148 Å². The number of hydrogen-bond acceptors (Lipinski definition) is 4. The van der Waals surface area contributed by atoms with Crippen molar-refractivity contribution in [1.82, 2.24) is 9.47 Å². The van der Waals surface area contributed by atoms with E-state index in [0.29, 0.717) is 5.69 Å². The molecule has 26 heavy (non-hydrogen) atoms. The van der Waals surface area contributed by atoms with Crippen molar-refractivity contribution in [2.24, 2.45) is 4.99 Å². The topological polar surface area (TPSA) is 56.1 Å². The number of rotatable bonds is 1. The van der Waals surface area contributed by atoms with Gasteiger partial charge in [-0.25, -0.2) is 4.79 Å². The summed E-state index contributed by atoms with van der Waals surface area (Å²) >= 11 is 1.20. The van der Waals surface area contributed by atoms with E-state index in [9.17, 15) is 22.4 Å². The van der Waals surface area contributed by atoms with Crippen molar-refractivity contribution >= 4 is 17.4 Å². The molecule has 0 unspecified atom stereocenters. The lowest BCUT2D eigenvalue weighted by atomic mass is 10.2. The summed E-state index contributed by atoms with van der Waals surface area (Å²) in [7, 11) is 3.06. The molecular formula is C15H13F4N3O3S. The Hall–Kier alpha value is -2.56. The Kier molecular flexibility index (Phi) is 4.21. The van der Waals surface area contributed by atoms with Crippen LogP contribution in [0.1, 0.15) is 4.88 Å². The number of benzene rings is 1. The molecule has 0 saturated carbocycles. The molecule has 2 amide bonds. The van der Waals surface area contributed by atoms with E-state index in [-0.39, 0.29) is 4.80 Å². The van der Waals surface area contributed by atoms with Crippen molar-refractivity contribution < 1.29 is 31.8 Å². The molecule has 140 valence electrons. The monoisotopic (exact) mass is 391 g/mol. The number of hydrogen-bond donors (Lipinski definition) is 0. The second-order valence-corrected chi connectivity index (χ2v) is 6.87. The lowest BCUT2D eigenvalue weighted by molar-refractivity contribution is -0.391. The van der Waals surface area contributed by atoms with Crippen molar-refractivity contribution in [2.75, 3.05) is 14.1 Å². The van der Waals surface area contributed by atoms with Crippen LogP contribution in [0.25, 0.3) is 5.69 Å². The minimum Gasteiger partial charge on any atom is -0.421 e. The molecule has 0 saturated heterocycles. The van der Waals surface area contributed by atoms with Crippen LogP contribution in [0, 0.1) is 6.92 Å². The Morgan fingerprint density at radius 2 is 1.77 bits per heavy atom. The summed E-state index contributed by atoms with van der Waals surface area (Å²) in [6, 6.07) is 3.06. The molecule has 11 heteroatoms. The molecule has 0 atom stereocenters. The van der Waals surface area contributed by atoms with Gasteiger partial charge in [0.15, 0.2) is 16.3 Å². The zero-order chi connectivity index (χ0) is 19.3. The lowest BCUT2D eigenvalue weighted by Crippen LogP contribution is -2.52. The van der Waals surface area contributed by atoms with E-state index in [1.807, 2.05) is 0 Å². The number of halogens is 4. The number of fused-ring (bicyclic) bond motifs is 1. The fourth-order valence-electron chi connectivity index (χ4n) is 2.11. The molecule has 1 aliphatic heterocycles. The van der Waals surface area contributed by atoms with E-state index in [4.69, 9.17) is 0 Å². The summed E-state index contributed by atoms with van der Waals surface area (Å²) < 4.78 is 62.8. The van der Waals surface area contributed by atoms with Gasteiger partial charge in [0.2, 0.25) is 0 Å². The number of amides is 2. The van der Waals surface area contributed by atoms with Crippen LogP contribution in [0.15, 0.2) is 29.4 Å². The first kappa shape index (κ1) is 18.2. The van der Waals surface area contributed by atoms with Gasteiger partial charge in [-0.05, 0) is 19.1 Å². The first-order valence-corrected chi connectivity index (χ1v) is 8.05. The standard InChI is InChI=1S/C15H13F4N3O3S/c1-8-7-22(13(26-8)20-12(23)21(2)3)9-4-5-10-11(6-9)25-15(18,19)14(16,17)24-10/h4-7H,1-3H3/b20-13-. The maximum atomic E-state index is 13.4. The number of thiazole rings is 1. The number of aryl methyl sites for hydroxylation is 1. The molecule has 3 rings (SSSR count). The molecule has 1 aromatic heterocycles. The third-order valence-corrected chi connectivity index (χ3v) is 4.26. The van der Waals surface area contributed by atoms with Crippen LogP contribution in [0.4, 0.5) is 22.4 Å². The van der Waals surface area contributed by atoms with Crippen molar-refractivity contribution in [3.05, 3.63) is 34.1 Å². The first-order chi connectivity index (χ1) is 12.0. The van der Waals surface area contributed by atoms with Gasteiger partial charge in [0.05, 0.1) is 5.69 Å². The Bertz CT molecular complexity index is 936. The van der Waals surface area contributed by atoms with Crippen molar-refractivity contribution in [3.63, 3.8) is 0 Å². The highest BCUT2D eigenvalue weighted by atomic mass is 32.1. The molecule has 0 N–H and O–H groups in total. The van der Waals surface area contributed by atoms with E-state index >= 15 is 0 Å². The van der Waals surface area contributed by atoms with Gasteiger partial charge in [0.25, 0.3) is 0 Å².